The van der Waals surface area contributed by atoms with E-state index in [0.29, 0.717) is 13.1 Å². The molecule has 100 valence electrons. The van der Waals surface area contributed by atoms with Gasteiger partial charge in [-0.25, -0.2) is 0 Å². The van der Waals surface area contributed by atoms with Gasteiger partial charge in [-0.05, 0) is 36.9 Å². The minimum atomic E-state index is 0.0921. The molecule has 1 amide bonds. The van der Waals surface area contributed by atoms with E-state index in [1.165, 1.54) is 15.3 Å². The molecular weight excluding hydrogens is 274 g/mol. The Labute approximate surface area is 122 Å². The number of thiophene rings is 2. The highest BCUT2D eigenvalue weighted by Gasteiger charge is 2.18. The van der Waals surface area contributed by atoms with Crippen molar-refractivity contribution in [1.82, 2.24) is 4.90 Å². The third-order valence-corrected chi connectivity index (χ3v) is 4.94. The summed E-state index contributed by atoms with van der Waals surface area (Å²) in [7, 11) is 0. The van der Waals surface area contributed by atoms with Gasteiger partial charge in [0.25, 0.3) is 5.91 Å². The van der Waals surface area contributed by atoms with Crippen LogP contribution in [0.5, 0.6) is 0 Å². The quantitative estimate of drug-likeness (QED) is 0.754. The molecule has 0 saturated heterocycles. The molecule has 0 radical (unpaired) electrons. The number of nitrogens with zero attached hydrogens (tertiary/aromatic N) is 1. The number of amides is 1. The van der Waals surface area contributed by atoms with Crippen molar-refractivity contribution in [2.24, 2.45) is 0 Å². The first kappa shape index (κ1) is 14.0. The fraction of sp³-hybridized carbons (Fsp3) is 0.267. The Balaban J connectivity index is 2.18. The highest BCUT2D eigenvalue weighted by atomic mass is 32.1. The maximum Gasteiger partial charge on any atom is 0.264 e. The molecular formula is C15H17NOS2. The van der Waals surface area contributed by atoms with E-state index in [0.717, 1.165) is 4.88 Å². The van der Waals surface area contributed by atoms with Crippen molar-refractivity contribution in [3.05, 3.63) is 56.4 Å². The molecule has 0 bridgehead atoms. The lowest BCUT2D eigenvalue weighted by Crippen LogP contribution is -2.29. The topological polar surface area (TPSA) is 20.3 Å². The van der Waals surface area contributed by atoms with E-state index in [9.17, 15) is 4.79 Å². The van der Waals surface area contributed by atoms with Crippen molar-refractivity contribution in [1.29, 1.82) is 0 Å². The number of carbonyl (C=O) groups is 1. The van der Waals surface area contributed by atoms with Gasteiger partial charge in [-0.3, -0.25) is 4.79 Å². The van der Waals surface area contributed by atoms with Crippen molar-refractivity contribution >= 4 is 28.6 Å². The molecule has 0 aliphatic carbocycles. The summed E-state index contributed by atoms with van der Waals surface area (Å²) in [6.07, 6.45) is 1.78. The summed E-state index contributed by atoms with van der Waals surface area (Å²) in [5.41, 5.74) is 1.18. The van der Waals surface area contributed by atoms with Gasteiger partial charge in [0.1, 0.15) is 0 Å². The normalized spacial score (nSPS) is 10.4. The van der Waals surface area contributed by atoms with Crippen LogP contribution in [0.15, 0.2) is 36.2 Å². The van der Waals surface area contributed by atoms with Gasteiger partial charge in [-0.15, -0.1) is 29.3 Å². The van der Waals surface area contributed by atoms with E-state index in [2.05, 4.69) is 12.6 Å². The van der Waals surface area contributed by atoms with Crippen LogP contribution in [0.3, 0.4) is 0 Å². The monoisotopic (exact) mass is 291 g/mol. The minimum Gasteiger partial charge on any atom is -0.329 e. The highest BCUT2D eigenvalue weighted by molar-refractivity contribution is 7.14. The van der Waals surface area contributed by atoms with E-state index < -0.39 is 0 Å². The van der Waals surface area contributed by atoms with Crippen LogP contribution in [-0.4, -0.2) is 17.4 Å². The van der Waals surface area contributed by atoms with Crippen molar-refractivity contribution < 1.29 is 4.79 Å². The predicted molar refractivity (Wildman–Crippen MR) is 83.0 cm³/mol. The lowest BCUT2D eigenvalue weighted by Gasteiger charge is -2.19. The van der Waals surface area contributed by atoms with Crippen molar-refractivity contribution in [3.8, 4) is 0 Å². The van der Waals surface area contributed by atoms with Crippen LogP contribution in [0.1, 0.15) is 25.0 Å². The first-order chi connectivity index (χ1) is 9.11. The Hall–Kier alpha value is -1.39. The maximum atomic E-state index is 12.5. The van der Waals surface area contributed by atoms with E-state index in [1.807, 2.05) is 36.3 Å². The summed E-state index contributed by atoms with van der Waals surface area (Å²) in [4.78, 5) is 17.6. The molecule has 0 fully saturated rings. The Bertz CT molecular complexity index is 549. The third-order valence-electron chi connectivity index (χ3n) is 2.94. The van der Waals surface area contributed by atoms with Crippen LogP contribution >= 0.6 is 22.7 Å². The molecule has 2 heterocycles. The lowest BCUT2D eigenvalue weighted by atomic mass is 10.2. The van der Waals surface area contributed by atoms with Crippen molar-refractivity contribution in [2.45, 2.75) is 20.4 Å². The molecule has 0 unspecified atom stereocenters. The molecule has 19 heavy (non-hydrogen) atoms. The molecule has 4 heteroatoms. The van der Waals surface area contributed by atoms with Gasteiger partial charge in [-0.2, -0.15) is 0 Å². The Morgan fingerprint density at radius 2 is 2.26 bits per heavy atom. The SMILES string of the molecule is C=CCN(Cc1cccs1)C(=O)c1cc(C)c(C)s1. The van der Waals surface area contributed by atoms with Crippen molar-refractivity contribution in [2.75, 3.05) is 6.54 Å². The zero-order chi connectivity index (χ0) is 13.8. The highest BCUT2D eigenvalue weighted by Crippen LogP contribution is 2.23. The lowest BCUT2D eigenvalue weighted by molar-refractivity contribution is 0.0769. The molecule has 2 nitrogen and oxygen atoms in total. The first-order valence-electron chi connectivity index (χ1n) is 6.11. The molecule has 0 spiro atoms. The largest absolute Gasteiger partial charge is 0.329 e. The molecule has 0 aliphatic heterocycles. The van der Waals surface area contributed by atoms with Gasteiger partial charge in [0.2, 0.25) is 0 Å². The average molecular weight is 291 g/mol. The minimum absolute atomic E-state index is 0.0921. The second kappa shape index (κ2) is 6.17. The smallest absolute Gasteiger partial charge is 0.264 e. The molecule has 2 rings (SSSR count). The van der Waals surface area contributed by atoms with Crippen LogP contribution in [0, 0.1) is 13.8 Å². The van der Waals surface area contributed by atoms with E-state index >= 15 is 0 Å². The number of carbonyl (C=O) groups excluding carboxylic acids is 1. The summed E-state index contributed by atoms with van der Waals surface area (Å²) < 4.78 is 0. The standard InChI is InChI=1S/C15H17NOS2/c1-4-7-16(10-13-6-5-8-18-13)15(17)14-9-11(2)12(3)19-14/h4-6,8-9H,1,7,10H2,2-3H3. The molecule has 0 atom stereocenters. The zero-order valence-corrected chi connectivity index (χ0v) is 12.8. The summed E-state index contributed by atoms with van der Waals surface area (Å²) >= 11 is 3.24. The average Bonchev–Trinajstić information content (AvgIpc) is 2.99. The van der Waals surface area contributed by atoms with Crippen LogP contribution in [0.25, 0.3) is 0 Å². The fourth-order valence-corrected chi connectivity index (χ4v) is 3.52. The number of aryl methyl sites for hydroxylation is 2. The molecule has 0 N–H and O–H groups in total. The summed E-state index contributed by atoms with van der Waals surface area (Å²) in [5, 5.41) is 2.03. The second-order valence-corrected chi connectivity index (χ2v) is 6.69. The summed E-state index contributed by atoms with van der Waals surface area (Å²) in [6, 6.07) is 6.04. The Morgan fingerprint density at radius 3 is 2.79 bits per heavy atom. The van der Waals surface area contributed by atoms with Crippen LogP contribution in [-0.2, 0) is 6.54 Å². The summed E-state index contributed by atoms with van der Waals surface area (Å²) in [6.45, 7) is 9.06. The van der Waals surface area contributed by atoms with Gasteiger partial charge < -0.3 is 4.90 Å². The number of rotatable bonds is 5. The van der Waals surface area contributed by atoms with Gasteiger partial charge in [0, 0.05) is 16.3 Å². The molecule has 0 aliphatic rings. The second-order valence-electron chi connectivity index (χ2n) is 4.40. The molecule has 0 aromatic carbocycles. The Kier molecular flexibility index (Phi) is 4.56. The van der Waals surface area contributed by atoms with Crippen LogP contribution in [0.2, 0.25) is 0 Å². The number of hydrogen-bond donors (Lipinski definition) is 0. The number of hydrogen-bond acceptors (Lipinski definition) is 3. The van der Waals surface area contributed by atoms with Gasteiger partial charge in [-0.1, -0.05) is 12.1 Å². The molecule has 2 aromatic heterocycles. The maximum absolute atomic E-state index is 12.5. The van der Waals surface area contributed by atoms with Gasteiger partial charge >= 0.3 is 0 Å². The van der Waals surface area contributed by atoms with Crippen LogP contribution < -0.4 is 0 Å². The van der Waals surface area contributed by atoms with E-state index in [1.54, 1.807) is 28.7 Å². The third kappa shape index (κ3) is 3.33. The van der Waals surface area contributed by atoms with Gasteiger partial charge in [0.15, 0.2) is 0 Å². The molecule has 2 aromatic rings. The first-order valence-corrected chi connectivity index (χ1v) is 7.81. The van der Waals surface area contributed by atoms with E-state index in [4.69, 9.17) is 0 Å². The van der Waals surface area contributed by atoms with Crippen molar-refractivity contribution in [3.63, 3.8) is 0 Å². The fourth-order valence-electron chi connectivity index (χ4n) is 1.80. The van der Waals surface area contributed by atoms with Crippen LogP contribution in [0.4, 0.5) is 0 Å². The summed E-state index contributed by atoms with van der Waals surface area (Å²) in [5.74, 6) is 0.0921. The predicted octanol–water partition coefficient (Wildman–Crippen LogP) is 4.25. The zero-order valence-electron chi connectivity index (χ0n) is 11.2. The Morgan fingerprint density at radius 1 is 1.47 bits per heavy atom. The van der Waals surface area contributed by atoms with Gasteiger partial charge in [0.05, 0.1) is 11.4 Å². The molecule has 0 saturated carbocycles. The van der Waals surface area contributed by atoms with E-state index in [-0.39, 0.29) is 5.91 Å².